The van der Waals surface area contributed by atoms with Gasteiger partial charge in [-0.3, -0.25) is 0 Å². The molecule has 0 aromatic heterocycles. The first-order chi connectivity index (χ1) is 6.83. The molecule has 1 saturated heterocycles. The van der Waals surface area contributed by atoms with Crippen molar-refractivity contribution in [3.8, 4) is 0 Å². The molecule has 0 radical (unpaired) electrons. The number of hydrogen-bond acceptors (Lipinski definition) is 2. The van der Waals surface area contributed by atoms with Gasteiger partial charge in [-0.1, -0.05) is 20.8 Å². The first-order valence-corrected chi connectivity index (χ1v) is 9.11. The predicted molar refractivity (Wildman–Crippen MR) is 68.8 cm³/mol. The van der Waals surface area contributed by atoms with E-state index in [1.165, 1.54) is 25.8 Å². The molecule has 15 heavy (non-hydrogen) atoms. The average molecular weight is 229 g/mol. The maximum Gasteiger partial charge on any atom is 0.191 e. The van der Waals surface area contributed by atoms with Crippen LogP contribution in [0.5, 0.6) is 0 Å². The molecule has 1 heterocycles. The van der Waals surface area contributed by atoms with Crippen molar-refractivity contribution < 1.29 is 4.43 Å². The zero-order chi connectivity index (χ0) is 11.5. The van der Waals surface area contributed by atoms with Gasteiger partial charge in [-0.2, -0.15) is 0 Å². The summed E-state index contributed by atoms with van der Waals surface area (Å²) in [6.07, 6.45) is 3.87. The first kappa shape index (κ1) is 13.2. The molecule has 1 aliphatic rings. The fraction of sp³-hybridized carbons (Fsp3) is 1.00. The molecule has 0 saturated carbocycles. The standard InChI is InChI=1S/C12H27NOSi/c1-12(2,3)15(4,5)14-9-7-6-8-11-10-13-11/h11,13H,6-10H2,1-5H3. The maximum atomic E-state index is 6.11. The van der Waals surface area contributed by atoms with Crippen molar-refractivity contribution in [1.29, 1.82) is 0 Å². The smallest absolute Gasteiger partial charge is 0.191 e. The molecule has 1 atom stereocenters. The van der Waals surface area contributed by atoms with E-state index in [9.17, 15) is 0 Å². The lowest BCUT2D eigenvalue weighted by atomic mass is 10.2. The monoisotopic (exact) mass is 229 g/mol. The van der Waals surface area contributed by atoms with E-state index >= 15 is 0 Å². The summed E-state index contributed by atoms with van der Waals surface area (Å²) in [5.41, 5.74) is 0. The van der Waals surface area contributed by atoms with Crippen molar-refractivity contribution in [3.05, 3.63) is 0 Å². The van der Waals surface area contributed by atoms with Gasteiger partial charge >= 0.3 is 0 Å². The van der Waals surface area contributed by atoms with Crippen LogP contribution in [0.3, 0.4) is 0 Å². The summed E-state index contributed by atoms with van der Waals surface area (Å²) in [4.78, 5) is 0. The van der Waals surface area contributed by atoms with Crippen LogP contribution in [0.2, 0.25) is 18.1 Å². The van der Waals surface area contributed by atoms with E-state index in [-0.39, 0.29) is 0 Å². The van der Waals surface area contributed by atoms with Crippen LogP contribution in [0, 0.1) is 0 Å². The van der Waals surface area contributed by atoms with Gasteiger partial charge in [0.2, 0.25) is 0 Å². The third kappa shape index (κ3) is 4.66. The second-order valence-electron chi connectivity index (χ2n) is 6.21. The van der Waals surface area contributed by atoms with Gasteiger partial charge in [0, 0.05) is 19.2 Å². The Morgan fingerprint density at radius 1 is 1.27 bits per heavy atom. The Kier molecular flexibility index (Phi) is 4.38. The van der Waals surface area contributed by atoms with Crippen LogP contribution in [0.25, 0.3) is 0 Å². The summed E-state index contributed by atoms with van der Waals surface area (Å²) in [6, 6.07) is 0.831. The van der Waals surface area contributed by atoms with Crippen molar-refractivity contribution in [1.82, 2.24) is 5.32 Å². The summed E-state index contributed by atoms with van der Waals surface area (Å²) in [5, 5.41) is 3.69. The summed E-state index contributed by atoms with van der Waals surface area (Å²) in [6.45, 7) is 13.8. The molecule has 90 valence electrons. The van der Waals surface area contributed by atoms with E-state index in [2.05, 4.69) is 39.2 Å². The molecule has 3 heteroatoms. The molecule has 1 aliphatic heterocycles. The minimum Gasteiger partial charge on any atom is -0.417 e. The number of rotatable bonds is 6. The third-order valence-electron chi connectivity index (χ3n) is 3.71. The van der Waals surface area contributed by atoms with Gasteiger partial charge in [-0.05, 0) is 37.4 Å². The quantitative estimate of drug-likeness (QED) is 0.431. The summed E-state index contributed by atoms with van der Waals surface area (Å²) >= 11 is 0. The SMILES string of the molecule is CC(C)(C)[Si](C)(C)OCCCCC1CN1. The van der Waals surface area contributed by atoms with Gasteiger partial charge in [-0.15, -0.1) is 0 Å². The van der Waals surface area contributed by atoms with E-state index in [0.717, 1.165) is 12.6 Å². The van der Waals surface area contributed by atoms with Crippen LogP contribution in [-0.2, 0) is 4.43 Å². The molecule has 1 fully saturated rings. The Morgan fingerprint density at radius 2 is 1.87 bits per heavy atom. The van der Waals surface area contributed by atoms with Crippen molar-refractivity contribution >= 4 is 8.32 Å². The second-order valence-corrected chi connectivity index (χ2v) is 11.0. The molecular formula is C12H27NOSi. The lowest BCUT2D eigenvalue weighted by Gasteiger charge is -2.36. The highest BCUT2D eigenvalue weighted by molar-refractivity contribution is 6.74. The lowest BCUT2D eigenvalue weighted by molar-refractivity contribution is 0.278. The van der Waals surface area contributed by atoms with E-state index in [4.69, 9.17) is 4.43 Å². The summed E-state index contributed by atoms with van der Waals surface area (Å²) < 4.78 is 6.11. The Morgan fingerprint density at radius 3 is 2.33 bits per heavy atom. The second kappa shape index (κ2) is 4.98. The predicted octanol–water partition coefficient (Wildman–Crippen LogP) is 3.15. The average Bonchev–Trinajstić information content (AvgIpc) is 2.85. The van der Waals surface area contributed by atoms with Crippen LogP contribution < -0.4 is 5.32 Å². The highest BCUT2D eigenvalue weighted by atomic mass is 28.4. The van der Waals surface area contributed by atoms with E-state index in [0.29, 0.717) is 5.04 Å². The van der Waals surface area contributed by atoms with Gasteiger partial charge in [-0.25, -0.2) is 0 Å². The molecule has 1 rings (SSSR count). The van der Waals surface area contributed by atoms with Gasteiger partial charge in [0.1, 0.15) is 0 Å². The van der Waals surface area contributed by atoms with Crippen LogP contribution in [0.1, 0.15) is 40.0 Å². The van der Waals surface area contributed by atoms with Crippen LogP contribution in [0.15, 0.2) is 0 Å². The van der Waals surface area contributed by atoms with Crippen molar-refractivity contribution in [2.45, 2.75) is 64.2 Å². The molecule has 0 aliphatic carbocycles. The fourth-order valence-electron chi connectivity index (χ4n) is 1.32. The molecule has 0 aromatic rings. The van der Waals surface area contributed by atoms with Crippen LogP contribution in [0.4, 0.5) is 0 Å². The number of nitrogens with one attached hydrogen (secondary N) is 1. The van der Waals surface area contributed by atoms with Crippen molar-refractivity contribution in [3.63, 3.8) is 0 Å². The Labute approximate surface area is 95.9 Å². The zero-order valence-electron chi connectivity index (χ0n) is 11.0. The number of unbranched alkanes of at least 4 members (excludes halogenated alkanes) is 1. The molecule has 2 nitrogen and oxygen atoms in total. The fourth-order valence-corrected chi connectivity index (χ4v) is 2.41. The topological polar surface area (TPSA) is 31.2 Å². The third-order valence-corrected chi connectivity index (χ3v) is 8.25. The largest absolute Gasteiger partial charge is 0.417 e. The van der Waals surface area contributed by atoms with Crippen LogP contribution >= 0.6 is 0 Å². The minimum absolute atomic E-state index is 0.352. The van der Waals surface area contributed by atoms with Crippen molar-refractivity contribution in [2.24, 2.45) is 0 Å². The molecule has 1 unspecified atom stereocenters. The van der Waals surface area contributed by atoms with Crippen LogP contribution in [-0.4, -0.2) is 27.5 Å². The zero-order valence-corrected chi connectivity index (χ0v) is 12.0. The minimum atomic E-state index is -1.48. The first-order valence-electron chi connectivity index (χ1n) is 6.20. The molecule has 0 aromatic carbocycles. The highest BCUT2D eigenvalue weighted by Gasteiger charge is 2.36. The van der Waals surface area contributed by atoms with E-state index in [1.54, 1.807) is 0 Å². The Hall–Kier alpha value is 0.137. The molecular weight excluding hydrogens is 202 g/mol. The molecule has 0 amide bonds. The van der Waals surface area contributed by atoms with Gasteiger partial charge in [0.15, 0.2) is 8.32 Å². The number of hydrogen-bond donors (Lipinski definition) is 1. The van der Waals surface area contributed by atoms with Crippen molar-refractivity contribution in [2.75, 3.05) is 13.2 Å². The van der Waals surface area contributed by atoms with Gasteiger partial charge < -0.3 is 9.74 Å². The van der Waals surface area contributed by atoms with E-state index in [1.807, 2.05) is 0 Å². The summed E-state index contributed by atoms with van der Waals surface area (Å²) in [5.74, 6) is 0. The summed E-state index contributed by atoms with van der Waals surface area (Å²) in [7, 11) is -1.48. The van der Waals surface area contributed by atoms with E-state index < -0.39 is 8.32 Å². The molecule has 0 bridgehead atoms. The van der Waals surface area contributed by atoms with Gasteiger partial charge in [0.05, 0.1) is 0 Å². The van der Waals surface area contributed by atoms with Gasteiger partial charge in [0.25, 0.3) is 0 Å². The molecule has 0 spiro atoms. The molecule has 1 N–H and O–H groups in total. The Balaban J connectivity index is 2.06. The Bertz CT molecular complexity index is 194. The highest BCUT2D eigenvalue weighted by Crippen LogP contribution is 2.36. The maximum absolute atomic E-state index is 6.11. The normalized spacial score (nSPS) is 21.8. The lowest BCUT2D eigenvalue weighted by Crippen LogP contribution is -2.40.